The van der Waals surface area contributed by atoms with Crippen LogP contribution in [0.4, 0.5) is 0 Å². The molecule has 0 fully saturated rings. The molecular weight excluding hydrogens is 254 g/mol. The van der Waals surface area contributed by atoms with Gasteiger partial charge in [-0.1, -0.05) is 0 Å². The van der Waals surface area contributed by atoms with Gasteiger partial charge in [-0.25, -0.2) is 0 Å². The lowest BCUT2D eigenvalue weighted by atomic mass is 9.98. The summed E-state index contributed by atoms with van der Waals surface area (Å²) < 4.78 is 25.6. The number of aliphatic carboxylic acids is 1. The minimum atomic E-state index is -3.38. The van der Waals surface area contributed by atoms with Gasteiger partial charge in [0.15, 0.2) is 4.90 Å². The van der Waals surface area contributed by atoms with Gasteiger partial charge < -0.3 is 14.2 Å². The van der Waals surface area contributed by atoms with Gasteiger partial charge in [0.2, 0.25) is 0 Å². The van der Waals surface area contributed by atoms with Crippen molar-refractivity contribution in [2.45, 2.75) is 37.0 Å². The predicted octanol–water partition coefficient (Wildman–Crippen LogP) is 1.15. The van der Waals surface area contributed by atoms with Gasteiger partial charge in [0.25, 0.3) is 0 Å². The second-order valence-electron chi connectivity index (χ2n) is 4.81. The quantitative estimate of drug-likeness (QED) is 0.836. The van der Waals surface area contributed by atoms with Crippen LogP contribution in [0.25, 0.3) is 0 Å². The van der Waals surface area contributed by atoms with Crippen LogP contribution in [0.1, 0.15) is 29.8 Å². The van der Waals surface area contributed by atoms with Crippen molar-refractivity contribution < 1.29 is 18.7 Å². The molecule has 1 aliphatic carbocycles. The Morgan fingerprint density at radius 3 is 2.61 bits per heavy atom. The number of rotatable bonds is 3. The maximum atomic E-state index is 11.9. The zero-order valence-electron chi connectivity index (χ0n) is 10.6. The summed E-state index contributed by atoms with van der Waals surface area (Å²) in [4.78, 5) is 11.2. The molecule has 1 atom stereocenters. The summed E-state index contributed by atoms with van der Waals surface area (Å²) in [5, 5.41) is 8.93. The molecule has 0 saturated heterocycles. The van der Waals surface area contributed by atoms with Gasteiger partial charge in [0.05, 0.1) is 22.3 Å². The van der Waals surface area contributed by atoms with Gasteiger partial charge in [-0.15, -0.1) is 4.21 Å². The van der Waals surface area contributed by atoms with Crippen molar-refractivity contribution in [1.82, 2.24) is 4.57 Å². The van der Waals surface area contributed by atoms with E-state index in [0.29, 0.717) is 5.69 Å². The fourth-order valence-electron chi connectivity index (χ4n) is 2.77. The van der Waals surface area contributed by atoms with Crippen molar-refractivity contribution in [2.75, 3.05) is 6.26 Å². The lowest BCUT2D eigenvalue weighted by Gasteiger charge is -2.15. The van der Waals surface area contributed by atoms with Crippen LogP contribution in [-0.2, 0) is 45.5 Å². The van der Waals surface area contributed by atoms with E-state index in [-0.39, 0.29) is 11.3 Å². The summed E-state index contributed by atoms with van der Waals surface area (Å²) in [5.41, 5.74) is 2.23. The third-order valence-electron chi connectivity index (χ3n) is 3.47. The van der Waals surface area contributed by atoms with E-state index in [9.17, 15) is 13.6 Å². The molecule has 100 valence electrons. The van der Waals surface area contributed by atoms with Crippen molar-refractivity contribution >= 4 is 16.2 Å². The Morgan fingerprint density at radius 2 is 2.06 bits per heavy atom. The number of carboxylic acids is 1. The molecule has 18 heavy (non-hydrogen) atoms. The molecule has 0 amide bonds. The Hall–Kier alpha value is -1.14. The molecule has 1 aromatic rings. The number of hydrogen-bond acceptors (Lipinski definition) is 3. The average Bonchev–Trinajstić information content (AvgIpc) is 2.52. The maximum Gasteiger partial charge on any atom is 0.309 e. The third-order valence-corrected chi connectivity index (χ3v) is 4.70. The Balaban J connectivity index is 2.67. The Bertz CT molecular complexity index is 541. The normalized spacial score (nSPS) is 18.2. The summed E-state index contributed by atoms with van der Waals surface area (Å²) in [6.07, 6.45) is 4.46. The van der Waals surface area contributed by atoms with E-state index >= 15 is 0 Å². The Kier molecular flexibility index (Phi) is 3.33. The lowest BCUT2D eigenvalue weighted by molar-refractivity contribution is -0.136. The van der Waals surface area contributed by atoms with E-state index in [0.717, 1.165) is 43.2 Å². The molecule has 6 heteroatoms. The first-order chi connectivity index (χ1) is 8.32. The Labute approximate surface area is 107 Å². The lowest BCUT2D eigenvalue weighted by Crippen LogP contribution is -2.15. The fourth-order valence-corrected chi connectivity index (χ4v) is 4.08. The van der Waals surface area contributed by atoms with Gasteiger partial charge in [0.1, 0.15) is 6.26 Å². The summed E-state index contributed by atoms with van der Waals surface area (Å²) in [6, 6.07) is 0. The smallest absolute Gasteiger partial charge is 0.309 e. The molecule has 1 aromatic heterocycles. The van der Waals surface area contributed by atoms with Crippen molar-refractivity contribution in [3.05, 3.63) is 17.0 Å². The zero-order valence-corrected chi connectivity index (χ0v) is 11.4. The molecule has 0 aromatic carbocycles. The van der Waals surface area contributed by atoms with E-state index in [4.69, 9.17) is 5.11 Å². The second kappa shape index (κ2) is 4.51. The molecule has 0 radical (unpaired) electrons. The molecule has 1 aliphatic rings. The van der Waals surface area contributed by atoms with Gasteiger partial charge >= 0.3 is 5.97 Å². The molecule has 1 heterocycles. The van der Waals surface area contributed by atoms with Gasteiger partial charge in [0, 0.05) is 18.3 Å². The van der Waals surface area contributed by atoms with Crippen molar-refractivity contribution in [3.63, 3.8) is 0 Å². The topological polar surface area (TPSA) is 82.4 Å². The van der Waals surface area contributed by atoms with Gasteiger partial charge in [-0.2, -0.15) is 0 Å². The van der Waals surface area contributed by atoms with Crippen LogP contribution in [0.15, 0.2) is 4.90 Å². The molecule has 2 rings (SSSR count). The summed E-state index contributed by atoms with van der Waals surface area (Å²) in [7, 11) is -1.62. The summed E-state index contributed by atoms with van der Waals surface area (Å²) >= 11 is 0. The Morgan fingerprint density at radius 1 is 1.44 bits per heavy atom. The van der Waals surface area contributed by atoms with Crippen molar-refractivity contribution in [2.24, 2.45) is 7.05 Å². The van der Waals surface area contributed by atoms with E-state index in [2.05, 4.69) is 0 Å². The maximum absolute atomic E-state index is 11.9. The molecule has 0 bridgehead atoms. The van der Waals surface area contributed by atoms with E-state index in [1.807, 2.05) is 0 Å². The van der Waals surface area contributed by atoms with Crippen LogP contribution in [0, 0.1) is 0 Å². The third kappa shape index (κ3) is 2.22. The molecule has 0 aliphatic heterocycles. The first-order valence-electron chi connectivity index (χ1n) is 5.93. The van der Waals surface area contributed by atoms with Crippen LogP contribution in [0.5, 0.6) is 0 Å². The second-order valence-corrected chi connectivity index (χ2v) is 6.76. The number of aromatic nitrogens is 1. The van der Waals surface area contributed by atoms with Crippen LogP contribution in [0.3, 0.4) is 0 Å². The summed E-state index contributed by atoms with van der Waals surface area (Å²) in [5.74, 6) is -1.00. The summed E-state index contributed by atoms with van der Waals surface area (Å²) in [6.45, 7) is 0. The number of carboxylic acid groups (broad SMARTS) is 1. The number of fused-ring (bicyclic) bond motifs is 1. The SMILES string of the molecule is Cn1c2c(c([S+](C)(=O)[O-])c1CC(=O)O)CCCC2. The van der Waals surface area contributed by atoms with Crippen LogP contribution in [0.2, 0.25) is 0 Å². The number of carbonyl (C=O) groups is 1. The van der Waals surface area contributed by atoms with E-state index in [1.165, 1.54) is 0 Å². The van der Waals surface area contributed by atoms with E-state index < -0.39 is 16.2 Å². The zero-order chi connectivity index (χ0) is 13.5. The monoisotopic (exact) mass is 271 g/mol. The van der Waals surface area contributed by atoms with Crippen LogP contribution < -0.4 is 0 Å². The first-order valence-corrected chi connectivity index (χ1v) is 7.82. The van der Waals surface area contributed by atoms with Crippen LogP contribution >= 0.6 is 0 Å². The standard InChI is InChI=1S/C12H17NO4S/c1-13-9-6-4-3-5-8(9)12(18(2,16)17)10(13)7-11(14)15/h3-7H2,1-2H3,(H-,14,15,16,17). The molecule has 0 spiro atoms. The molecule has 1 unspecified atom stereocenters. The van der Waals surface area contributed by atoms with Crippen molar-refractivity contribution in [1.29, 1.82) is 0 Å². The van der Waals surface area contributed by atoms with Crippen molar-refractivity contribution in [3.8, 4) is 0 Å². The van der Waals surface area contributed by atoms with Gasteiger partial charge in [-0.05, 0) is 25.7 Å². The fraction of sp³-hybridized carbons (Fsp3) is 0.583. The first kappa shape index (κ1) is 13.3. The van der Waals surface area contributed by atoms with Gasteiger partial charge in [-0.3, -0.25) is 4.79 Å². The highest BCUT2D eigenvalue weighted by Gasteiger charge is 2.32. The number of hydrogen-bond donors (Lipinski definition) is 1. The molecular formula is C12H17NO4S. The van der Waals surface area contributed by atoms with E-state index in [1.54, 1.807) is 11.6 Å². The largest absolute Gasteiger partial charge is 0.610 e. The molecule has 0 saturated carbocycles. The predicted molar refractivity (Wildman–Crippen MR) is 66.4 cm³/mol. The number of sulfone groups is 1. The minimum Gasteiger partial charge on any atom is -0.610 e. The van der Waals surface area contributed by atoms with Crippen LogP contribution in [-0.4, -0.2) is 26.5 Å². The molecule has 5 nitrogen and oxygen atoms in total. The average molecular weight is 271 g/mol. The minimum absolute atomic E-state index is 0.244. The highest BCUT2D eigenvalue weighted by molar-refractivity contribution is 7.97. The molecule has 1 N–H and O–H groups in total. The highest BCUT2D eigenvalue weighted by atomic mass is 32.3. The number of nitrogens with zero attached hydrogens (tertiary/aromatic N) is 1. The highest BCUT2D eigenvalue weighted by Crippen LogP contribution is 2.34.